The Morgan fingerprint density at radius 3 is 2.53 bits per heavy atom. The van der Waals surface area contributed by atoms with E-state index in [0.717, 1.165) is 47.9 Å². The highest BCUT2D eigenvalue weighted by Gasteiger charge is 2.15. The number of pyridine rings is 1. The Hall–Kier alpha value is -4.18. The van der Waals surface area contributed by atoms with Crippen molar-refractivity contribution in [2.45, 2.75) is 33.1 Å². The summed E-state index contributed by atoms with van der Waals surface area (Å²) in [4.78, 5) is 24.9. The third kappa shape index (κ3) is 5.72. The fourth-order valence-corrected chi connectivity index (χ4v) is 4.27. The number of carbonyl (C=O) groups is 1. The molecule has 3 aromatic rings. The van der Waals surface area contributed by atoms with Crippen molar-refractivity contribution < 1.29 is 4.79 Å². The molecule has 4 rings (SSSR count). The molecule has 1 aromatic heterocycles. The first-order valence-corrected chi connectivity index (χ1v) is 12.2. The van der Waals surface area contributed by atoms with Gasteiger partial charge in [0.25, 0.3) is 0 Å². The molecule has 1 aliphatic rings. The van der Waals surface area contributed by atoms with Crippen LogP contribution in [0.4, 0.5) is 5.69 Å². The first-order chi connectivity index (χ1) is 17.5. The summed E-state index contributed by atoms with van der Waals surface area (Å²) in [5.74, 6) is 0. The molecular weight excluding hydrogens is 444 g/mol. The number of anilines is 1. The third-order valence-corrected chi connectivity index (χ3v) is 6.13. The molecule has 1 N–H and O–H groups in total. The first-order valence-electron chi connectivity index (χ1n) is 12.2. The topological polar surface area (TPSA) is 51.1 Å². The zero-order valence-corrected chi connectivity index (χ0v) is 21.4. The molecule has 0 saturated heterocycles. The Morgan fingerprint density at radius 2 is 1.89 bits per heavy atom. The van der Waals surface area contributed by atoms with E-state index in [9.17, 15) is 9.59 Å². The van der Waals surface area contributed by atoms with Gasteiger partial charge in [-0.05, 0) is 56.2 Å². The standard InChI is InChI=1S/C25H24N2O2.C7H10/c1-3-7-17-8-6-9-19(13-12-17)27-23-11-5-4-10-20(23)25(29)21-15-22(26-2)18(16-28)14-24(21)27;1-4-6-7(3)5-2/h4-6,9-16,26H,3,7-8H2,1-2H3;4-6H,1-2H2,3H3/b;7-6-. The van der Waals surface area contributed by atoms with Crippen LogP contribution in [0.25, 0.3) is 27.5 Å². The maximum atomic E-state index is 13.2. The summed E-state index contributed by atoms with van der Waals surface area (Å²) >= 11 is 0. The number of rotatable bonds is 7. The number of fused-ring (bicyclic) bond motifs is 2. The summed E-state index contributed by atoms with van der Waals surface area (Å²) in [6.45, 7) is 11.3. The molecule has 0 radical (unpaired) electrons. The monoisotopic (exact) mass is 478 g/mol. The van der Waals surface area contributed by atoms with Gasteiger partial charge >= 0.3 is 0 Å². The lowest BCUT2D eigenvalue weighted by Gasteiger charge is -2.17. The zero-order chi connectivity index (χ0) is 26.1. The van der Waals surface area contributed by atoms with Crippen LogP contribution in [0.5, 0.6) is 0 Å². The van der Waals surface area contributed by atoms with Gasteiger partial charge in [0.2, 0.25) is 0 Å². The van der Waals surface area contributed by atoms with E-state index in [4.69, 9.17) is 0 Å². The number of nitrogens with zero attached hydrogens (tertiary/aromatic N) is 1. The van der Waals surface area contributed by atoms with Crippen molar-refractivity contribution in [1.29, 1.82) is 0 Å². The smallest absolute Gasteiger partial charge is 0.197 e. The minimum absolute atomic E-state index is 0.0267. The van der Waals surface area contributed by atoms with Crippen LogP contribution in [0.15, 0.2) is 108 Å². The molecule has 0 saturated carbocycles. The highest BCUT2D eigenvalue weighted by atomic mass is 16.1. The van der Waals surface area contributed by atoms with Crippen molar-refractivity contribution in [2.24, 2.45) is 0 Å². The minimum atomic E-state index is -0.0267. The largest absolute Gasteiger partial charge is 0.388 e. The molecule has 0 unspecified atom stereocenters. The van der Waals surface area contributed by atoms with Crippen LogP contribution >= 0.6 is 0 Å². The fourth-order valence-electron chi connectivity index (χ4n) is 4.27. The lowest BCUT2D eigenvalue weighted by Crippen LogP contribution is -2.12. The molecule has 4 heteroatoms. The lowest BCUT2D eigenvalue weighted by atomic mass is 10.0. The number of hydrogen-bond donors (Lipinski definition) is 1. The van der Waals surface area contributed by atoms with E-state index in [1.165, 1.54) is 5.57 Å². The maximum Gasteiger partial charge on any atom is 0.197 e. The third-order valence-electron chi connectivity index (χ3n) is 6.13. The van der Waals surface area contributed by atoms with Gasteiger partial charge in [0.15, 0.2) is 11.7 Å². The number of hydrogen-bond acceptors (Lipinski definition) is 3. The zero-order valence-electron chi connectivity index (χ0n) is 21.4. The molecule has 0 spiro atoms. The fraction of sp³-hybridized carbons (Fsp3) is 0.188. The number of benzene rings is 2. The summed E-state index contributed by atoms with van der Waals surface area (Å²) in [5.41, 5.74) is 6.24. The first kappa shape index (κ1) is 26.4. The van der Waals surface area contributed by atoms with E-state index < -0.39 is 0 Å². The van der Waals surface area contributed by atoms with Gasteiger partial charge in [-0.2, -0.15) is 0 Å². The van der Waals surface area contributed by atoms with Crippen molar-refractivity contribution in [2.75, 3.05) is 12.4 Å². The SMILES string of the molecule is C=C/C=C(/C)C=C.CCCC1=CC=C(n2c3ccccc3c(=O)c3cc(NC)c(C=O)cc32)C=CC1. The van der Waals surface area contributed by atoms with Gasteiger partial charge in [-0.1, -0.05) is 80.2 Å². The number of aromatic nitrogens is 1. The molecular formula is C32H34N2O2. The Kier molecular flexibility index (Phi) is 9.18. The number of para-hydroxylation sites is 1. The summed E-state index contributed by atoms with van der Waals surface area (Å²) in [5, 5.41) is 4.28. The summed E-state index contributed by atoms with van der Waals surface area (Å²) in [6.07, 6.45) is 17.9. The highest BCUT2D eigenvalue weighted by molar-refractivity contribution is 6.02. The van der Waals surface area contributed by atoms with Crippen LogP contribution in [0.3, 0.4) is 0 Å². The molecule has 0 aliphatic heterocycles. The summed E-state index contributed by atoms with van der Waals surface area (Å²) in [6, 6.07) is 11.2. The van der Waals surface area contributed by atoms with Crippen LogP contribution < -0.4 is 10.7 Å². The molecule has 0 atom stereocenters. The van der Waals surface area contributed by atoms with E-state index in [0.29, 0.717) is 22.0 Å². The summed E-state index contributed by atoms with van der Waals surface area (Å²) in [7, 11) is 1.75. The van der Waals surface area contributed by atoms with E-state index in [-0.39, 0.29) is 5.43 Å². The maximum absolute atomic E-state index is 13.2. The van der Waals surface area contributed by atoms with E-state index >= 15 is 0 Å². The Morgan fingerprint density at radius 1 is 1.11 bits per heavy atom. The van der Waals surface area contributed by atoms with Crippen LogP contribution in [0.1, 0.15) is 43.5 Å². The average Bonchev–Trinajstić information content (AvgIpc) is 3.14. The van der Waals surface area contributed by atoms with Gasteiger partial charge in [0.1, 0.15) is 0 Å². The van der Waals surface area contributed by atoms with Crippen LogP contribution in [0.2, 0.25) is 0 Å². The number of aldehydes is 1. The predicted molar refractivity (Wildman–Crippen MR) is 156 cm³/mol. The van der Waals surface area contributed by atoms with Gasteiger partial charge < -0.3 is 9.88 Å². The molecule has 1 aliphatic carbocycles. The molecule has 0 amide bonds. The van der Waals surface area contributed by atoms with Crippen LogP contribution in [-0.2, 0) is 0 Å². The molecule has 184 valence electrons. The molecule has 1 heterocycles. The highest BCUT2D eigenvalue weighted by Crippen LogP contribution is 2.29. The van der Waals surface area contributed by atoms with Gasteiger partial charge in [0, 0.05) is 34.8 Å². The molecule has 0 bridgehead atoms. The van der Waals surface area contributed by atoms with Gasteiger partial charge in [-0.3, -0.25) is 9.59 Å². The second kappa shape index (κ2) is 12.5. The average molecular weight is 479 g/mol. The minimum Gasteiger partial charge on any atom is -0.388 e. The number of allylic oxidation sites excluding steroid dienone is 10. The quantitative estimate of drug-likeness (QED) is 0.214. The summed E-state index contributed by atoms with van der Waals surface area (Å²) < 4.78 is 2.08. The Bertz CT molecular complexity index is 1480. The number of nitrogens with one attached hydrogen (secondary N) is 1. The number of carbonyl (C=O) groups excluding carboxylic acids is 1. The predicted octanol–water partition coefficient (Wildman–Crippen LogP) is 7.84. The normalized spacial score (nSPS) is 13.2. The van der Waals surface area contributed by atoms with Crippen LogP contribution in [0, 0.1) is 0 Å². The van der Waals surface area contributed by atoms with Crippen molar-refractivity contribution in [3.05, 3.63) is 119 Å². The molecule has 2 aromatic carbocycles. The van der Waals surface area contributed by atoms with Gasteiger partial charge in [-0.15, -0.1) is 0 Å². The van der Waals surface area contributed by atoms with Gasteiger partial charge in [0.05, 0.1) is 11.0 Å². The second-order valence-corrected chi connectivity index (χ2v) is 8.63. The van der Waals surface area contributed by atoms with Crippen molar-refractivity contribution in [3.8, 4) is 0 Å². The van der Waals surface area contributed by atoms with Crippen molar-refractivity contribution in [1.82, 2.24) is 4.57 Å². The van der Waals surface area contributed by atoms with Crippen molar-refractivity contribution >= 4 is 39.5 Å². The Labute approximate surface area is 213 Å². The lowest BCUT2D eigenvalue weighted by molar-refractivity contribution is 0.112. The molecule has 36 heavy (non-hydrogen) atoms. The molecule has 4 nitrogen and oxygen atoms in total. The van der Waals surface area contributed by atoms with E-state index in [2.05, 4.69) is 54.3 Å². The van der Waals surface area contributed by atoms with E-state index in [1.54, 1.807) is 31.3 Å². The van der Waals surface area contributed by atoms with Crippen LogP contribution in [-0.4, -0.2) is 17.9 Å². The van der Waals surface area contributed by atoms with Crippen molar-refractivity contribution in [3.63, 3.8) is 0 Å². The molecule has 0 fully saturated rings. The van der Waals surface area contributed by atoms with Gasteiger partial charge in [-0.25, -0.2) is 0 Å². The second-order valence-electron chi connectivity index (χ2n) is 8.63. The van der Waals surface area contributed by atoms with E-state index in [1.807, 2.05) is 37.3 Å². The Balaban J connectivity index is 0.000000454.